The number of alkyl carbamates (subject to hydrolysis) is 1. The largest absolute Gasteiger partial charge is 0.453 e. The molecule has 0 atom stereocenters. The molecule has 0 aromatic carbocycles. The van der Waals surface area contributed by atoms with Crippen molar-refractivity contribution in [3.8, 4) is 0 Å². The lowest BCUT2D eigenvalue weighted by molar-refractivity contribution is 0.0697. The minimum atomic E-state index is -0.432. The summed E-state index contributed by atoms with van der Waals surface area (Å²) in [6.45, 7) is 1.17. The Balaban J connectivity index is 1.86. The molecular formula is C12H16N4O3. The Hall–Kier alpha value is -2.18. The number of hydrogen-bond acceptors (Lipinski definition) is 5. The number of ether oxygens (including phenoxy) is 1. The van der Waals surface area contributed by atoms with E-state index in [1.165, 1.54) is 25.7 Å². The quantitative estimate of drug-likeness (QED) is 0.837. The summed E-state index contributed by atoms with van der Waals surface area (Å²) in [4.78, 5) is 32.8. The number of amides is 2. The summed E-state index contributed by atoms with van der Waals surface area (Å²) in [7, 11) is 1.34. The topological polar surface area (TPSA) is 84.4 Å². The summed E-state index contributed by atoms with van der Waals surface area (Å²) in [5.41, 5.74) is 0.349. The lowest BCUT2D eigenvalue weighted by Gasteiger charge is -2.31. The number of likely N-dealkylation sites (tertiary alicyclic amines) is 1. The lowest BCUT2D eigenvalue weighted by atomic mass is 10.1. The van der Waals surface area contributed by atoms with Crippen LogP contribution in [0.4, 0.5) is 4.79 Å². The van der Waals surface area contributed by atoms with Gasteiger partial charge in [-0.1, -0.05) is 0 Å². The molecule has 1 aliphatic heterocycles. The number of nitrogens with one attached hydrogen (secondary N) is 1. The minimum Gasteiger partial charge on any atom is -0.453 e. The van der Waals surface area contributed by atoms with Gasteiger partial charge in [0, 0.05) is 31.5 Å². The zero-order valence-corrected chi connectivity index (χ0v) is 10.7. The molecule has 1 N–H and O–H groups in total. The van der Waals surface area contributed by atoms with Crippen molar-refractivity contribution in [3.05, 3.63) is 24.3 Å². The van der Waals surface area contributed by atoms with Gasteiger partial charge in [0.1, 0.15) is 5.69 Å². The molecule has 0 aliphatic carbocycles. The molecule has 102 valence electrons. The fourth-order valence-corrected chi connectivity index (χ4v) is 2.02. The van der Waals surface area contributed by atoms with Crippen molar-refractivity contribution in [2.45, 2.75) is 18.9 Å². The van der Waals surface area contributed by atoms with Gasteiger partial charge in [0.25, 0.3) is 5.91 Å². The Bertz CT molecular complexity index is 444. The number of piperidine rings is 1. The zero-order valence-electron chi connectivity index (χ0n) is 10.7. The first-order valence-corrected chi connectivity index (χ1v) is 6.10. The van der Waals surface area contributed by atoms with Crippen molar-refractivity contribution >= 4 is 12.0 Å². The summed E-state index contributed by atoms with van der Waals surface area (Å²) in [5, 5.41) is 2.74. The van der Waals surface area contributed by atoms with Gasteiger partial charge in [0.2, 0.25) is 0 Å². The second kappa shape index (κ2) is 6.12. The second-order valence-corrected chi connectivity index (χ2v) is 4.29. The first-order chi connectivity index (χ1) is 9.20. The van der Waals surface area contributed by atoms with Crippen LogP contribution in [0, 0.1) is 0 Å². The number of hydrogen-bond donors (Lipinski definition) is 1. The van der Waals surface area contributed by atoms with Gasteiger partial charge in [-0.3, -0.25) is 9.78 Å². The molecule has 2 amide bonds. The summed E-state index contributed by atoms with van der Waals surface area (Å²) < 4.78 is 4.55. The third-order valence-corrected chi connectivity index (χ3v) is 3.07. The maximum Gasteiger partial charge on any atom is 0.407 e. The van der Waals surface area contributed by atoms with Crippen molar-refractivity contribution < 1.29 is 14.3 Å². The number of aromatic nitrogens is 2. The third-order valence-electron chi connectivity index (χ3n) is 3.07. The van der Waals surface area contributed by atoms with Gasteiger partial charge in [-0.05, 0) is 12.8 Å². The average Bonchev–Trinajstić information content (AvgIpc) is 2.48. The maximum atomic E-state index is 12.1. The van der Waals surface area contributed by atoms with E-state index in [-0.39, 0.29) is 11.9 Å². The second-order valence-electron chi connectivity index (χ2n) is 4.29. The van der Waals surface area contributed by atoms with E-state index in [9.17, 15) is 9.59 Å². The highest BCUT2D eigenvalue weighted by Crippen LogP contribution is 2.12. The number of carbonyl (C=O) groups is 2. The number of carbonyl (C=O) groups excluding carboxylic acids is 2. The molecule has 2 heterocycles. The third kappa shape index (κ3) is 3.40. The monoisotopic (exact) mass is 264 g/mol. The average molecular weight is 264 g/mol. The summed E-state index contributed by atoms with van der Waals surface area (Å²) >= 11 is 0. The van der Waals surface area contributed by atoms with Gasteiger partial charge in [0.05, 0.1) is 13.3 Å². The number of nitrogens with zero attached hydrogens (tertiary/aromatic N) is 3. The molecule has 0 spiro atoms. The molecule has 1 aliphatic rings. The van der Waals surface area contributed by atoms with E-state index in [4.69, 9.17) is 0 Å². The maximum absolute atomic E-state index is 12.1. The first-order valence-electron chi connectivity index (χ1n) is 6.10. The molecule has 1 fully saturated rings. The smallest absolute Gasteiger partial charge is 0.407 e. The van der Waals surface area contributed by atoms with E-state index in [0.29, 0.717) is 31.6 Å². The van der Waals surface area contributed by atoms with E-state index in [1.807, 2.05) is 0 Å². The van der Waals surface area contributed by atoms with Crippen LogP contribution in [0.1, 0.15) is 23.3 Å². The fourth-order valence-electron chi connectivity index (χ4n) is 2.02. The van der Waals surface area contributed by atoms with Crippen LogP contribution in [0.25, 0.3) is 0 Å². The molecule has 0 saturated carbocycles. The minimum absolute atomic E-state index is 0.0540. The molecule has 1 saturated heterocycles. The van der Waals surface area contributed by atoms with Crippen molar-refractivity contribution in [1.29, 1.82) is 0 Å². The van der Waals surface area contributed by atoms with Crippen molar-refractivity contribution in [1.82, 2.24) is 20.2 Å². The molecule has 0 bridgehead atoms. The SMILES string of the molecule is COC(=O)NC1CCN(C(=O)c2cnccn2)CC1. The molecule has 19 heavy (non-hydrogen) atoms. The highest BCUT2D eigenvalue weighted by atomic mass is 16.5. The van der Waals surface area contributed by atoms with Crippen molar-refractivity contribution in [3.63, 3.8) is 0 Å². The predicted octanol–water partition coefficient (Wildman–Crippen LogP) is 0.437. The lowest BCUT2D eigenvalue weighted by Crippen LogP contribution is -2.46. The highest BCUT2D eigenvalue weighted by Gasteiger charge is 2.25. The Labute approximate surface area is 111 Å². The van der Waals surface area contributed by atoms with Crippen LogP contribution in [0.15, 0.2) is 18.6 Å². The van der Waals surface area contributed by atoms with Crippen molar-refractivity contribution in [2.75, 3.05) is 20.2 Å². The van der Waals surface area contributed by atoms with Gasteiger partial charge in [-0.25, -0.2) is 9.78 Å². The Morgan fingerprint density at radius 3 is 2.68 bits per heavy atom. The van der Waals surface area contributed by atoms with E-state index in [2.05, 4.69) is 20.0 Å². The highest BCUT2D eigenvalue weighted by molar-refractivity contribution is 5.92. The zero-order chi connectivity index (χ0) is 13.7. The van der Waals surface area contributed by atoms with Gasteiger partial charge in [0.15, 0.2) is 0 Å². The van der Waals surface area contributed by atoms with Gasteiger partial charge in [-0.2, -0.15) is 0 Å². The van der Waals surface area contributed by atoms with Gasteiger partial charge >= 0.3 is 6.09 Å². The molecule has 1 aromatic heterocycles. The van der Waals surface area contributed by atoms with Crippen LogP contribution in [0.3, 0.4) is 0 Å². The molecule has 7 nitrogen and oxygen atoms in total. The Morgan fingerprint density at radius 2 is 2.11 bits per heavy atom. The van der Waals surface area contributed by atoms with Crippen LogP contribution in [0.2, 0.25) is 0 Å². The van der Waals surface area contributed by atoms with Gasteiger partial charge < -0.3 is 15.0 Å². The normalized spacial score (nSPS) is 15.9. The van der Waals surface area contributed by atoms with Gasteiger partial charge in [-0.15, -0.1) is 0 Å². The molecule has 1 aromatic rings. The summed E-state index contributed by atoms with van der Waals surface area (Å²) in [6.07, 6.45) is 5.48. The predicted molar refractivity (Wildman–Crippen MR) is 66.5 cm³/mol. The standard InChI is InChI=1S/C12H16N4O3/c1-19-12(18)15-9-2-6-16(7-3-9)11(17)10-8-13-4-5-14-10/h4-5,8-9H,2-3,6-7H2,1H3,(H,15,18). The van der Waals surface area contributed by atoms with Crippen LogP contribution in [-0.2, 0) is 4.74 Å². The Morgan fingerprint density at radius 1 is 1.37 bits per heavy atom. The molecular weight excluding hydrogens is 248 g/mol. The van der Waals surface area contributed by atoms with E-state index < -0.39 is 6.09 Å². The van der Waals surface area contributed by atoms with E-state index in [0.717, 1.165) is 0 Å². The molecule has 0 unspecified atom stereocenters. The molecule has 7 heteroatoms. The van der Waals surface area contributed by atoms with Crippen LogP contribution in [-0.4, -0.2) is 53.1 Å². The number of rotatable bonds is 2. The molecule has 2 rings (SSSR count). The Kier molecular flexibility index (Phi) is 4.27. The fraction of sp³-hybridized carbons (Fsp3) is 0.500. The van der Waals surface area contributed by atoms with E-state index in [1.54, 1.807) is 4.90 Å². The summed E-state index contributed by atoms with van der Waals surface area (Å²) in [6, 6.07) is 0.0540. The first kappa shape index (κ1) is 13.3. The molecule has 0 radical (unpaired) electrons. The van der Waals surface area contributed by atoms with Crippen LogP contribution >= 0.6 is 0 Å². The summed E-state index contributed by atoms with van der Waals surface area (Å²) in [5.74, 6) is -0.121. The van der Waals surface area contributed by atoms with Crippen molar-refractivity contribution in [2.24, 2.45) is 0 Å². The van der Waals surface area contributed by atoms with Crippen LogP contribution < -0.4 is 5.32 Å². The van der Waals surface area contributed by atoms with E-state index >= 15 is 0 Å². The van der Waals surface area contributed by atoms with Crippen LogP contribution in [0.5, 0.6) is 0 Å². The number of methoxy groups -OCH3 is 1.